The van der Waals surface area contributed by atoms with E-state index in [0.717, 1.165) is 36.4 Å². The van der Waals surface area contributed by atoms with Gasteiger partial charge in [0.2, 0.25) is 5.91 Å². The zero-order chi connectivity index (χ0) is 25.4. The third-order valence-corrected chi connectivity index (χ3v) is 5.85. The number of carbonyl (C=O) groups excluding carboxylic acids is 2. The number of benzene rings is 2. The zero-order valence-electron chi connectivity index (χ0n) is 17.0. The second-order valence-corrected chi connectivity index (χ2v) is 8.93. The first-order valence-electron chi connectivity index (χ1n) is 9.65. The lowest BCUT2D eigenvalue weighted by molar-refractivity contribution is -0.264. The Morgan fingerprint density at radius 1 is 1.03 bits per heavy atom. The number of hydrazine groups is 1. The molecule has 3 N–H and O–H groups in total. The first kappa shape index (κ1) is 26.1. The molecule has 2 amide bonds. The first-order valence-corrected chi connectivity index (χ1v) is 10.8. The minimum Gasteiger partial charge on any atom is -0.463 e. The molecule has 2 aromatic carbocycles. The summed E-state index contributed by atoms with van der Waals surface area (Å²) in [4.78, 5) is 36.5. The zero-order valence-corrected chi connectivity index (χ0v) is 19.3. The van der Waals surface area contributed by atoms with Crippen LogP contribution in [0.15, 0.2) is 36.4 Å². The highest BCUT2D eigenvalue weighted by Gasteiger charge is 2.56. The molecule has 1 saturated carbocycles. The number of carbonyl (C=O) groups is 3. The summed E-state index contributed by atoms with van der Waals surface area (Å²) in [7, 11) is 0. The van der Waals surface area contributed by atoms with Crippen LogP contribution >= 0.6 is 34.8 Å². The lowest BCUT2D eigenvalue weighted by Gasteiger charge is -2.31. The lowest BCUT2D eigenvalue weighted by Crippen LogP contribution is -2.46. The molecule has 1 aliphatic carbocycles. The van der Waals surface area contributed by atoms with Gasteiger partial charge in [0.25, 0.3) is 0 Å². The molecule has 0 heterocycles. The average molecular weight is 540 g/mol. The van der Waals surface area contributed by atoms with Crippen molar-refractivity contribution in [3.8, 4) is 0 Å². The Bertz CT molecular complexity index is 1140. The molecule has 0 aliphatic heterocycles. The molecule has 1 atom stereocenters. The highest BCUT2D eigenvalue weighted by atomic mass is 35.5. The van der Waals surface area contributed by atoms with E-state index in [1.807, 2.05) is 0 Å². The van der Waals surface area contributed by atoms with Crippen LogP contribution in [0.3, 0.4) is 0 Å². The summed E-state index contributed by atoms with van der Waals surface area (Å²) in [6.07, 6.45) is -7.24. The molecule has 3 rings (SSSR count). The number of nitrogens with zero attached hydrogens (tertiary/aromatic N) is 1. The van der Waals surface area contributed by atoms with Gasteiger partial charge in [0.1, 0.15) is 0 Å². The van der Waals surface area contributed by atoms with E-state index in [9.17, 15) is 37.8 Å². The Morgan fingerprint density at radius 3 is 2.12 bits per heavy atom. The molecule has 2 aromatic rings. The van der Waals surface area contributed by atoms with Crippen LogP contribution in [0.2, 0.25) is 15.1 Å². The van der Waals surface area contributed by atoms with Crippen LogP contribution in [0.25, 0.3) is 0 Å². The van der Waals surface area contributed by atoms with Gasteiger partial charge in [-0.3, -0.25) is 15.0 Å². The van der Waals surface area contributed by atoms with Gasteiger partial charge in [0.15, 0.2) is 11.4 Å². The lowest BCUT2D eigenvalue weighted by atomic mass is 9.86. The van der Waals surface area contributed by atoms with Crippen LogP contribution in [0.4, 0.5) is 23.7 Å². The highest BCUT2D eigenvalue weighted by molar-refractivity contribution is 6.35. The van der Waals surface area contributed by atoms with Gasteiger partial charge < -0.3 is 10.2 Å². The van der Waals surface area contributed by atoms with E-state index >= 15 is 0 Å². The number of halogens is 6. The molecular formula is C21H16Cl3F3N2O5. The first-order chi connectivity index (χ1) is 15.7. The molecule has 0 bridgehead atoms. The average Bonchev–Trinajstić information content (AvgIpc) is 3.56. The molecular weight excluding hydrogens is 524 g/mol. The third kappa shape index (κ3) is 5.57. The Morgan fingerprint density at radius 2 is 1.62 bits per heavy atom. The maximum atomic E-state index is 13.9. The SMILES string of the molecule is O=C(CC(O)(c1cc(Cl)cc(Cl)c1)C(F)(F)F)c1ccc(Cl)c(N(NC(=O)C2CC2)C(=O)O)c1. The molecule has 0 radical (unpaired) electrons. The molecule has 0 saturated heterocycles. The molecule has 13 heteroatoms. The van der Waals surface area contributed by atoms with Crippen molar-refractivity contribution < 1.29 is 37.8 Å². The van der Waals surface area contributed by atoms with E-state index in [1.165, 1.54) is 0 Å². The number of anilines is 1. The summed E-state index contributed by atoms with van der Waals surface area (Å²) in [6.45, 7) is 0. The van der Waals surface area contributed by atoms with Crippen molar-refractivity contribution >= 4 is 58.3 Å². The number of hydrogen-bond acceptors (Lipinski definition) is 4. The minimum atomic E-state index is -5.29. The van der Waals surface area contributed by atoms with Crippen molar-refractivity contribution in [3.05, 3.63) is 62.6 Å². The number of amides is 2. The number of nitrogens with one attached hydrogen (secondary N) is 1. The summed E-state index contributed by atoms with van der Waals surface area (Å²) >= 11 is 17.6. The number of alkyl halides is 3. The summed E-state index contributed by atoms with van der Waals surface area (Å²) in [6, 6.07) is 5.90. The van der Waals surface area contributed by atoms with Gasteiger partial charge in [-0.15, -0.1) is 0 Å². The van der Waals surface area contributed by atoms with E-state index in [0.29, 0.717) is 17.9 Å². The predicted molar refractivity (Wildman–Crippen MR) is 118 cm³/mol. The van der Waals surface area contributed by atoms with Crippen molar-refractivity contribution in [1.82, 2.24) is 5.43 Å². The highest BCUT2D eigenvalue weighted by Crippen LogP contribution is 2.44. The largest absolute Gasteiger partial charge is 0.463 e. The van der Waals surface area contributed by atoms with Gasteiger partial charge in [0, 0.05) is 21.5 Å². The second kappa shape index (κ2) is 9.61. The van der Waals surface area contributed by atoms with Crippen LogP contribution in [0, 0.1) is 5.92 Å². The molecule has 0 spiro atoms. The smallest absolute Gasteiger partial charge is 0.431 e. The number of aliphatic hydroxyl groups is 1. The van der Waals surface area contributed by atoms with Crippen LogP contribution in [-0.4, -0.2) is 34.2 Å². The summed E-state index contributed by atoms with van der Waals surface area (Å²) in [5, 5.41) is 19.9. The maximum Gasteiger partial charge on any atom is 0.431 e. The molecule has 1 aliphatic rings. The molecule has 1 fully saturated rings. The van der Waals surface area contributed by atoms with Gasteiger partial charge in [-0.1, -0.05) is 34.8 Å². The third-order valence-electron chi connectivity index (χ3n) is 5.10. The number of ketones is 1. The Kier molecular flexibility index (Phi) is 7.37. The quantitative estimate of drug-likeness (QED) is 0.327. The number of carboxylic acid groups (broad SMARTS) is 1. The van der Waals surface area contributed by atoms with Crippen molar-refractivity contribution in [1.29, 1.82) is 0 Å². The predicted octanol–water partition coefficient (Wildman–Crippen LogP) is 5.60. The van der Waals surface area contributed by atoms with Crippen molar-refractivity contribution in [2.75, 3.05) is 5.01 Å². The van der Waals surface area contributed by atoms with E-state index in [1.54, 1.807) is 0 Å². The Balaban J connectivity index is 1.96. The fraction of sp³-hybridized carbons (Fsp3) is 0.286. The van der Waals surface area contributed by atoms with E-state index < -0.39 is 41.5 Å². The number of Topliss-reactive ketones (excluding diaryl/α,β-unsaturated/α-hetero) is 1. The Hall–Kier alpha value is -2.53. The molecule has 7 nitrogen and oxygen atoms in total. The summed E-state index contributed by atoms with van der Waals surface area (Å²) < 4.78 is 41.7. The van der Waals surface area contributed by atoms with Gasteiger partial charge in [0.05, 0.1) is 17.1 Å². The fourth-order valence-electron chi connectivity index (χ4n) is 3.11. The summed E-state index contributed by atoms with van der Waals surface area (Å²) in [5.41, 5.74) is -2.98. The van der Waals surface area contributed by atoms with E-state index in [4.69, 9.17) is 34.8 Å². The van der Waals surface area contributed by atoms with Crippen LogP contribution in [0.1, 0.15) is 35.2 Å². The van der Waals surface area contributed by atoms with Gasteiger partial charge in [-0.05, 0) is 54.8 Å². The Labute approximate surface area is 206 Å². The molecule has 0 aromatic heterocycles. The molecule has 34 heavy (non-hydrogen) atoms. The normalized spacial score (nSPS) is 15.4. The van der Waals surface area contributed by atoms with Crippen molar-refractivity contribution in [3.63, 3.8) is 0 Å². The minimum absolute atomic E-state index is 0.185. The maximum absolute atomic E-state index is 13.9. The summed E-state index contributed by atoms with van der Waals surface area (Å²) in [5.74, 6) is -2.14. The monoisotopic (exact) mass is 538 g/mol. The van der Waals surface area contributed by atoms with Gasteiger partial charge >= 0.3 is 12.3 Å². The van der Waals surface area contributed by atoms with Crippen LogP contribution in [0.5, 0.6) is 0 Å². The van der Waals surface area contributed by atoms with E-state index in [2.05, 4.69) is 5.43 Å². The molecule has 1 unspecified atom stereocenters. The van der Waals surface area contributed by atoms with Gasteiger partial charge in [-0.2, -0.15) is 18.2 Å². The number of rotatable bonds is 6. The van der Waals surface area contributed by atoms with Crippen molar-refractivity contribution in [2.45, 2.75) is 31.0 Å². The van der Waals surface area contributed by atoms with E-state index in [-0.39, 0.29) is 32.2 Å². The van der Waals surface area contributed by atoms with Crippen LogP contribution in [-0.2, 0) is 10.4 Å². The standard InChI is InChI=1S/C21H16Cl3F3N2O5/c22-13-6-12(7-14(23)8-13)20(34,21(25,26)27)9-17(30)11-3-4-15(24)16(5-11)29(19(32)33)28-18(31)10-1-2-10/h3-8,10,34H,1-2,9H2,(H,28,31)(H,32,33). The fourth-order valence-corrected chi connectivity index (χ4v) is 3.84. The molecule has 182 valence electrons. The topological polar surface area (TPSA) is 107 Å². The second-order valence-electron chi connectivity index (χ2n) is 7.65. The van der Waals surface area contributed by atoms with Crippen LogP contribution < -0.4 is 10.4 Å². The van der Waals surface area contributed by atoms with Gasteiger partial charge in [-0.25, -0.2) is 4.79 Å². The van der Waals surface area contributed by atoms with Crippen molar-refractivity contribution in [2.24, 2.45) is 5.92 Å². The number of hydrogen-bond donors (Lipinski definition) is 3.